The van der Waals surface area contributed by atoms with Crippen LogP contribution in [0.25, 0.3) is 0 Å². The van der Waals surface area contributed by atoms with Gasteiger partial charge in [0.2, 0.25) is 0 Å². The summed E-state index contributed by atoms with van der Waals surface area (Å²) in [5.41, 5.74) is 0. The average Bonchev–Trinajstić information content (AvgIpc) is 2.18. The van der Waals surface area contributed by atoms with Crippen LogP contribution in [0.15, 0.2) is 24.7 Å². The Hall–Kier alpha value is -0.800. The monoisotopic (exact) mass is 214 g/mol. The van der Waals surface area contributed by atoms with Crippen molar-refractivity contribution in [3.8, 4) is 0 Å². The highest BCUT2D eigenvalue weighted by molar-refractivity contribution is 4.93. The fourth-order valence-electron chi connectivity index (χ4n) is 1.17. The van der Waals surface area contributed by atoms with E-state index in [0.717, 1.165) is 38.5 Å². The van der Waals surface area contributed by atoms with Crippen molar-refractivity contribution in [2.45, 2.75) is 38.5 Å². The molecule has 3 nitrogen and oxygen atoms in total. The molecule has 0 aliphatic heterocycles. The minimum atomic E-state index is 0.213. The van der Waals surface area contributed by atoms with Gasteiger partial charge in [0, 0.05) is 26.1 Å². The quantitative estimate of drug-likeness (QED) is 0.433. The van der Waals surface area contributed by atoms with Crippen LogP contribution < -0.4 is 0 Å². The molecule has 0 atom stereocenters. The van der Waals surface area contributed by atoms with E-state index >= 15 is 0 Å². The smallest absolute Gasteiger partial charge is 0.0964 e. The summed E-state index contributed by atoms with van der Waals surface area (Å²) in [7, 11) is 0. The van der Waals surface area contributed by atoms with Gasteiger partial charge in [-0.05, 0) is 25.7 Å². The molecule has 2 N–H and O–H groups in total. The second kappa shape index (κ2) is 9.74. The van der Waals surface area contributed by atoms with Gasteiger partial charge in [-0.2, -0.15) is 0 Å². The molecule has 0 amide bonds. The van der Waals surface area contributed by atoms with Gasteiger partial charge in [-0.1, -0.05) is 13.2 Å². The lowest BCUT2D eigenvalue weighted by atomic mass is 10.2. The third-order valence-corrected chi connectivity index (χ3v) is 2.02. The Labute approximate surface area is 92.1 Å². The Morgan fingerprint density at radius 1 is 0.800 bits per heavy atom. The van der Waals surface area contributed by atoms with Crippen LogP contribution in [0.1, 0.15) is 38.5 Å². The van der Waals surface area contributed by atoms with E-state index in [2.05, 4.69) is 13.2 Å². The predicted molar refractivity (Wildman–Crippen MR) is 61.2 cm³/mol. The van der Waals surface area contributed by atoms with E-state index in [1.54, 1.807) is 0 Å². The van der Waals surface area contributed by atoms with Gasteiger partial charge in [0.15, 0.2) is 0 Å². The number of aliphatic hydroxyl groups is 2. The molecule has 0 saturated heterocycles. The molecule has 0 radical (unpaired) electrons. The van der Waals surface area contributed by atoms with Crippen molar-refractivity contribution >= 4 is 0 Å². The average molecular weight is 214 g/mol. The van der Waals surface area contributed by atoms with Gasteiger partial charge in [-0.3, -0.25) is 0 Å². The molecule has 0 aliphatic carbocycles. The molecule has 0 aliphatic rings. The lowest BCUT2D eigenvalue weighted by Crippen LogP contribution is -1.94. The van der Waals surface area contributed by atoms with Crippen molar-refractivity contribution in [1.82, 2.24) is 0 Å². The van der Waals surface area contributed by atoms with E-state index < -0.39 is 0 Å². The molecule has 0 aromatic rings. The summed E-state index contributed by atoms with van der Waals surface area (Å²) in [6.07, 6.45) is 4.86. The third-order valence-electron chi connectivity index (χ3n) is 2.02. The Bertz CT molecular complexity index is 167. The van der Waals surface area contributed by atoms with Gasteiger partial charge >= 0.3 is 0 Å². The Balaban J connectivity index is 3.45. The Morgan fingerprint density at radius 2 is 1.20 bits per heavy atom. The summed E-state index contributed by atoms with van der Waals surface area (Å²) in [5.74, 6) is 1.41. The molecule has 0 aromatic heterocycles. The molecular weight excluding hydrogens is 192 g/mol. The second-order valence-corrected chi connectivity index (χ2v) is 3.54. The number of aliphatic hydroxyl groups excluding tert-OH is 2. The van der Waals surface area contributed by atoms with Crippen molar-refractivity contribution in [1.29, 1.82) is 0 Å². The number of hydrogen-bond acceptors (Lipinski definition) is 3. The van der Waals surface area contributed by atoms with E-state index in [1.165, 1.54) is 0 Å². The van der Waals surface area contributed by atoms with Crippen LogP contribution in [0.2, 0.25) is 0 Å². The zero-order chi connectivity index (χ0) is 11.5. The summed E-state index contributed by atoms with van der Waals surface area (Å²) in [6, 6.07) is 0. The summed E-state index contributed by atoms with van der Waals surface area (Å²) < 4.78 is 5.39. The first-order valence-corrected chi connectivity index (χ1v) is 5.45. The predicted octanol–water partition coefficient (Wildman–Crippen LogP) is 2.36. The summed E-state index contributed by atoms with van der Waals surface area (Å²) in [5, 5.41) is 17.2. The van der Waals surface area contributed by atoms with Crippen LogP contribution in [-0.4, -0.2) is 23.4 Å². The number of allylic oxidation sites excluding steroid dienone is 2. The number of ether oxygens (including phenoxy) is 1. The Morgan fingerprint density at radius 3 is 1.53 bits per heavy atom. The summed E-state index contributed by atoms with van der Waals surface area (Å²) >= 11 is 0. The minimum absolute atomic E-state index is 0.213. The van der Waals surface area contributed by atoms with Gasteiger partial charge in [0.05, 0.1) is 11.5 Å². The summed E-state index contributed by atoms with van der Waals surface area (Å²) in [6.45, 7) is 7.99. The molecule has 0 aromatic carbocycles. The molecular formula is C12H22O3. The normalized spacial score (nSPS) is 10.0. The van der Waals surface area contributed by atoms with Crippen molar-refractivity contribution < 1.29 is 14.9 Å². The van der Waals surface area contributed by atoms with Crippen LogP contribution in [0, 0.1) is 0 Å². The van der Waals surface area contributed by atoms with Crippen LogP contribution >= 0.6 is 0 Å². The van der Waals surface area contributed by atoms with Gasteiger partial charge < -0.3 is 14.9 Å². The highest BCUT2D eigenvalue weighted by atomic mass is 16.5. The molecule has 0 heterocycles. The first-order valence-electron chi connectivity index (χ1n) is 5.45. The largest absolute Gasteiger partial charge is 0.467 e. The van der Waals surface area contributed by atoms with E-state index in [-0.39, 0.29) is 13.2 Å². The SMILES string of the molecule is C=C(CCCCO)OC(=C)CCCCO. The topological polar surface area (TPSA) is 49.7 Å². The van der Waals surface area contributed by atoms with Crippen LogP contribution in [0.3, 0.4) is 0 Å². The zero-order valence-electron chi connectivity index (χ0n) is 9.37. The molecule has 0 bridgehead atoms. The fraction of sp³-hybridized carbons (Fsp3) is 0.667. The first kappa shape index (κ1) is 14.2. The van der Waals surface area contributed by atoms with E-state index in [9.17, 15) is 0 Å². The molecule has 15 heavy (non-hydrogen) atoms. The lowest BCUT2D eigenvalue weighted by molar-refractivity contribution is 0.252. The van der Waals surface area contributed by atoms with Crippen molar-refractivity contribution in [2.24, 2.45) is 0 Å². The Kier molecular flexibility index (Phi) is 9.22. The second-order valence-electron chi connectivity index (χ2n) is 3.54. The summed E-state index contributed by atoms with van der Waals surface area (Å²) in [4.78, 5) is 0. The molecule has 3 heteroatoms. The maximum absolute atomic E-state index is 8.59. The van der Waals surface area contributed by atoms with Gasteiger partial charge in [0.1, 0.15) is 0 Å². The zero-order valence-corrected chi connectivity index (χ0v) is 9.37. The maximum atomic E-state index is 8.59. The highest BCUT2D eigenvalue weighted by Crippen LogP contribution is 2.14. The molecule has 0 saturated carbocycles. The maximum Gasteiger partial charge on any atom is 0.0964 e. The number of hydrogen-bond donors (Lipinski definition) is 2. The van der Waals surface area contributed by atoms with Gasteiger partial charge in [-0.25, -0.2) is 0 Å². The fourth-order valence-corrected chi connectivity index (χ4v) is 1.17. The van der Waals surface area contributed by atoms with Crippen LogP contribution in [-0.2, 0) is 4.74 Å². The van der Waals surface area contributed by atoms with Gasteiger partial charge in [0.25, 0.3) is 0 Å². The van der Waals surface area contributed by atoms with E-state index in [0.29, 0.717) is 11.5 Å². The van der Waals surface area contributed by atoms with Gasteiger partial charge in [-0.15, -0.1) is 0 Å². The first-order chi connectivity index (χ1) is 7.20. The van der Waals surface area contributed by atoms with Crippen molar-refractivity contribution in [2.75, 3.05) is 13.2 Å². The lowest BCUT2D eigenvalue weighted by Gasteiger charge is -2.10. The standard InChI is InChI=1S/C12H22O3/c1-11(7-3-5-9-13)15-12(2)8-4-6-10-14/h13-14H,1-10H2. The minimum Gasteiger partial charge on any atom is -0.467 e. The molecule has 0 fully saturated rings. The van der Waals surface area contributed by atoms with Crippen molar-refractivity contribution in [3.63, 3.8) is 0 Å². The molecule has 0 unspecified atom stereocenters. The van der Waals surface area contributed by atoms with Crippen molar-refractivity contribution in [3.05, 3.63) is 24.7 Å². The number of rotatable bonds is 10. The highest BCUT2D eigenvalue weighted by Gasteiger charge is 1.99. The number of unbranched alkanes of at least 4 members (excludes halogenated alkanes) is 2. The molecule has 88 valence electrons. The third kappa shape index (κ3) is 9.50. The molecule has 0 spiro atoms. The van der Waals surface area contributed by atoms with E-state index in [4.69, 9.17) is 14.9 Å². The van der Waals surface area contributed by atoms with Crippen LogP contribution in [0.4, 0.5) is 0 Å². The van der Waals surface area contributed by atoms with E-state index in [1.807, 2.05) is 0 Å². The molecule has 0 rings (SSSR count). The van der Waals surface area contributed by atoms with Crippen LogP contribution in [0.5, 0.6) is 0 Å².